The normalized spacial score (nSPS) is 17.2. The highest BCUT2D eigenvalue weighted by Crippen LogP contribution is 2.40. The Kier molecular flexibility index (Phi) is 6.42. The minimum Gasteiger partial charge on any atom is -0.502 e. The highest BCUT2D eigenvalue weighted by atomic mass is 19.1. The van der Waals surface area contributed by atoms with Crippen molar-refractivity contribution in [2.45, 2.75) is 44.3 Å². The molecule has 0 radical (unpaired) electrons. The number of pyridine rings is 1. The van der Waals surface area contributed by atoms with Gasteiger partial charge in [-0.05, 0) is 26.2 Å². The highest BCUT2D eigenvalue weighted by molar-refractivity contribution is 5.99. The van der Waals surface area contributed by atoms with E-state index in [0.717, 1.165) is 12.6 Å². The summed E-state index contributed by atoms with van der Waals surface area (Å²) >= 11 is 0. The van der Waals surface area contributed by atoms with Crippen molar-refractivity contribution in [3.63, 3.8) is 0 Å². The maximum Gasteiger partial charge on any atom is 0.278 e. The van der Waals surface area contributed by atoms with Gasteiger partial charge in [0.15, 0.2) is 11.4 Å². The van der Waals surface area contributed by atoms with Crippen LogP contribution in [0.25, 0.3) is 0 Å². The van der Waals surface area contributed by atoms with Gasteiger partial charge in [-0.15, -0.1) is 13.2 Å². The Morgan fingerprint density at radius 3 is 2.39 bits per heavy atom. The summed E-state index contributed by atoms with van der Waals surface area (Å²) in [5, 5.41) is 14.7. The molecule has 2 aliphatic rings. The van der Waals surface area contributed by atoms with E-state index >= 15 is 0 Å². The quantitative estimate of drug-likeness (QED) is 0.568. The molecule has 1 saturated carbocycles. The number of carbonyl (C=O) groups is 2. The molecule has 36 heavy (non-hydrogen) atoms. The van der Waals surface area contributed by atoms with Gasteiger partial charge in [0, 0.05) is 36.5 Å². The summed E-state index contributed by atoms with van der Waals surface area (Å²) in [4.78, 5) is 40.5. The van der Waals surface area contributed by atoms with Crippen LogP contribution in [-0.4, -0.2) is 44.7 Å². The molecule has 0 saturated heterocycles. The number of aromatic hydroxyl groups is 1. The average molecular weight is 502 g/mol. The fraction of sp³-hybridized carbons (Fsp3) is 0.320. The summed E-state index contributed by atoms with van der Waals surface area (Å²) in [5.74, 6) is -6.13. The van der Waals surface area contributed by atoms with Crippen LogP contribution in [0.3, 0.4) is 0 Å². The molecule has 1 unspecified atom stereocenters. The van der Waals surface area contributed by atoms with Crippen molar-refractivity contribution in [2.24, 2.45) is 0 Å². The number of nitrogens with zero attached hydrogens (tertiary/aromatic N) is 3. The van der Waals surface area contributed by atoms with Crippen LogP contribution in [0.1, 0.15) is 52.6 Å². The molecule has 11 heteroatoms. The Balaban J connectivity index is 1.76. The minimum absolute atomic E-state index is 0.0699. The number of rotatable bonds is 7. The lowest BCUT2D eigenvalue weighted by atomic mass is 9.76. The van der Waals surface area contributed by atoms with Crippen molar-refractivity contribution >= 4 is 11.8 Å². The number of benzene rings is 1. The van der Waals surface area contributed by atoms with Gasteiger partial charge >= 0.3 is 0 Å². The predicted molar refractivity (Wildman–Crippen MR) is 126 cm³/mol. The molecule has 1 aromatic carbocycles. The van der Waals surface area contributed by atoms with Crippen LogP contribution >= 0.6 is 0 Å². The fourth-order valence-corrected chi connectivity index (χ4v) is 4.46. The van der Waals surface area contributed by atoms with Crippen LogP contribution in [0.4, 0.5) is 13.2 Å². The van der Waals surface area contributed by atoms with Crippen molar-refractivity contribution in [1.82, 2.24) is 14.9 Å². The molecule has 2 aromatic rings. The molecule has 8 nitrogen and oxygen atoms in total. The number of hydrogen-bond donors (Lipinski definition) is 2. The maximum atomic E-state index is 14.0. The van der Waals surface area contributed by atoms with Gasteiger partial charge in [-0.1, -0.05) is 12.2 Å². The van der Waals surface area contributed by atoms with Gasteiger partial charge in [-0.25, -0.2) is 13.2 Å². The van der Waals surface area contributed by atoms with Crippen LogP contribution in [0.5, 0.6) is 5.75 Å². The lowest BCUT2D eigenvalue weighted by Crippen LogP contribution is -2.66. The van der Waals surface area contributed by atoms with Crippen molar-refractivity contribution in [2.75, 3.05) is 11.7 Å². The molecular formula is C25H25F3N4O4. The second kappa shape index (κ2) is 9.21. The van der Waals surface area contributed by atoms with E-state index in [1.54, 1.807) is 24.1 Å². The fourth-order valence-electron chi connectivity index (χ4n) is 4.46. The van der Waals surface area contributed by atoms with Gasteiger partial charge in [-0.3, -0.25) is 24.1 Å². The van der Waals surface area contributed by atoms with Gasteiger partial charge in [0.25, 0.3) is 11.8 Å². The number of hydrogen-bond acceptors (Lipinski definition) is 5. The molecule has 0 bridgehead atoms. The number of amides is 2. The van der Waals surface area contributed by atoms with Crippen LogP contribution in [0.2, 0.25) is 0 Å². The number of nitrogens with one attached hydrogen (secondary N) is 1. The van der Waals surface area contributed by atoms with Crippen molar-refractivity contribution in [3.8, 4) is 5.75 Å². The van der Waals surface area contributed by atoms with Crippen LogP contribution in [0.15, 0.2) is 48.4 Å². The molecule has 1 fully saturated rings. The topological polar surface area (TPSA) is 94.9 Å². The molecule has 1 aliphatic carbocycles. The maximum absolute atomic E-state index is 14.0. The summed E-state index contributed by atoms with van der Waals surface area (Å²) in [6.45, 7) is 8.77. The summed E-state index contributed by atoms with van der Waals surface area (Å²) < 4.78 is 42.4. The molecule has 1 aliphatic heterocycles. The van der Waals surface area contributed by atoms with E-state index in [-0.39, 0.29) is 12.4 Å². The first-order chi connectivity index (χ1) is 17.0. The Bertz CT molecular complexity index is 1310. The van der Waals surface area contributed by atoms with E-state index in [0.29, 0.717) is 25.0 Å². The zero-order chi connectivity index (χ0) is 26.4. The largest absolute Gasteiger partial charge is 0.502 e. The van der Waals surface area contributed by atoms with Crippen molar-refractivity contribution in [3.05, 3.63) is 88.1 Å². The van der Waals surface area contributed by atoms with Crippen molar-refractivity contribution in [1.29, 1.82) is 0 Å². The summed E-state index contributed by atoms with van der Waals surface area (Å²) in [5.41, 5.74) is -3.18. The third-order valence-electron chi connectivity index (χ3n) is 6.90. The number of halogens is 3. The first-order valence-corrected chi connectivity index (χ1v) is 11.3. The van der Waals surface area contributed by atoms with E-state index in [9.17, 15) is 32.7 Å². The zero-order valence-electron chi connectivity index (χ0n) is 19.6. The second-order valence-electron chi connectivity index (χ2n) is 8.90. The summed E-state index contributed by atoms with van der Waals surface area (Å²) in [6, 6.07) is 0.516. The van der Waals surface area contributed by atoms with E-state index in [4.69, 9.17) is 0 Å². The van der Waals surface area contributed by atoms with Crippen LogP contribution < -0.4 is 15.8 Å². The van der Waals surface area contributed by atoms with E-state index in [1.807, 2.05) is 0 Å². The first-order valence-electron chi connectivity index (χ1n) is 11.3. The SMILES string of the molecule is C=CC(C)N1CN(C2(C=C)CCC2)n2cc(C(=O)NCc3c(F)cc(F)cc3F)c(=O)c(O)c2C1=O. The van der Waals surface area contributed by atoms with Gasteiger partial charge in [0.05, 0.1) is 5.54 Å². The van der Waals surface area contributed by atoms with Crippen molar-refractivity contribution < 1.29 is 27.9 Å². The van der Waals surface area contributed by atoms with E-state index in [1.165, 1.54) is 9.58 Å². The van der Waals surface area contributed by atoms with E-state index in [2.05, 4.69) is 18.5 Å². The van der Waals surface area contributed by atoms with Crippen LogP contribution in [-0.2, 0) is 6.54 Å². The molecular weight excluding hydrogens is 477 g/mol. The Hall–Kier alpha value is -4.02. The third kappa shape index (κ3) is 3.94. The molecule has 4 rings (SSSR count). The van der Waals surface area contributed by atoms with Gasteiger partial charge in [0.2, 0.25) is 5.43 Å². The number of carbonyl (C=O) groups excluding carboxylic acids is 2. The second-order valence-corrected chi connectivity index (χ2v) is 8.90. The number of aromatic nitrogens is 1. The third-order valence-corrected chi connectivity index (χ3v) is 6.90. The van der Waals surface area contributed by atoms with Crippen LogP contribution in [0, 0.1) is 17.5 Å². The smallest absolute Gasteiger partial charge is 0.278 e. The summed E-state index contributed by atoms with van der Waals surface area (Å²) in [7, 11) is 0. The first kappa shape index (κ1) is 25.1. The molecule has 2 amide bonds. The Labute approximate surface area is 204 Å². The standard InChI is InChI=1S/C25H25F3N4O4/c1-4-14(3)30-13-32(25(5-2)7-6-8-25)31-12-17(21(33)22(34)20(31)24(30)36)23(35)29-11-16-18(27)9-15(26)10-19(16)28/h4-5,9-10,12,14,34H,1-2,6-8,11,13H2,3H3,(H,29,35). The molecule has 0 spiro atoms. The van der Waals surface area contributed by atoms with Gasteiger partial charge < -0.3 is 15.3 Å². The lowest BCUT2D eigenvalue weighted by molar-refractivity contribution is 0.0591. The highest BCUT2D eigenvalue weighted by Gasteiger charge is 2.46. The zero-order valence-corrected chi connectivity index (χ0v) is 19.6. The Morgan fingerprint density at radius 2 is 1.86 bits per heavy atom. The Morgan fingerprint density at radius 1 is 1.22 bits per heavy atom. The summed E-state index contributed by atoms with van der Waals surface area (Å²) in [6.07, 6.45) is 6.67. The van der Waals surface area contributed by atoms with E-state index < -0.39 is 69.7 Å². The average Bonchev–Trinajstić information content (AvgIpc) is 2.80. The molecule has 1 aromatic heterocycles. The van der Waals surface area contributed by atoms with Gasteiger partial charge in [-0.2, -0.15) is 0 Å². The minimum atomic E-state index is -1.20. The monoisotopic (exact) mass is 502 g/mol. The molecule has 2 heterocycles. The lowest BCUT2D eigenvalue weighted by Gasteiger charge is -2.54. The predicted octanol–water partition coefficient (Wildman–Crippen LogP) is 2.94. The number of fused-ring (bicyclic) bond motifs is 1. The molecule has 2 N–H and O–H groups in total. The van der Waals surface area contributed by atoms with Gasteiger partial charge in [0.1, 0.15) is 29.7 Å². The molecule has 190 valence electrons. The molecule has 1 atom stereocenters.